The van der Waals surface area contributed by atoms with Gasteiger partial charge in [0.15, 0.2) is 0 Å². The van der Waals surface area contributed by atoms with Crippen molar-refractivity contribution in [3.8, 4) is 0 Å². The van der Waals surface area contributed by atoms with Crippen LogP contribution in [0.25, 0.3) is 0 Å². The van der Waals surface area contributed by atoms with Crippen LogP contribution in [0, 0.1) is 0 Å². The molecule has 0 N–H and O–H groups in total. The van der Waals surface area contributed by atoms with E-state index in [4.69, 9.17) is 9.72 Å². The lowest BCUT2D eigenvalue weighted by atomic mass is 10.1. The van der Waals surface area contributed by atoms with E-state index in [1.165, 1.54) is 0 Å². The molecule has 1 aliphatic heterocycles. The van der Waals surface area contributed by atoms with Gasteiger partial charge in [0.2, 0.25) is 5.95 Å². The van der Waals surface area contributed by atoms with Gasteiger partial charge in [-0.25, -0.2) is 9.78 Å². The smallest absolute Gasteiger partial charge is 0.410 e. The fraction of sp³-hybridized carbons (Fsp3) is 0.292. The molecule has 0 bridgehead atoms. The van der Waals surface area contributed by atoms with Crippen LogP contribution in [0.1, 0.15) is 22.4 Å². The monoisotopic (exact) mass is 418 g/mol. The Balaban J connectivity index is 1.57. The van der Waals surface area contributed by atoms with Crippen molar-refractivity contribution < 1.29 is 9.53 Å². The van der Waals surface area contributed by atoms with Gasteiger partial charge in [-0.05, 0) is 11.1 Å². The van der Waals surface area contributed by atoms with Crippen LogP contribution in [0.5, 0.6) is 0 Å². The first-order valence-corrected chi connectivity index (χ1v) is 10.3. The lowest BCUT2D eigenvalue weighted by Gasteiger charge is -2.29. The van der Waals surface area contributed by atoms with Crippen molar-refractivity contribution in [3.63, 3.8) is 0 Å². The lowest BCUT2D eigenvalue weighted by Crippen LogP contribution is -2.42. The topological polar surface area (TPSA) is 67.7 Å². The van der Waals surface area contributed by atoms with E-state index in [9.17, 15) is 9.59 Å². The molecule has 4 rings (SSSR count). The third-order valence-electron chi connectivity index (χ3n) is 5.34. The minimum absolute atomic E-state index is 0.113. The summed E-state index contributed by atoms with van der Waals surface area (Å²) in [4.78, 5) is 34.2. The zero-order chi connectivity index (χ0) is 21.8. The van der Waals surface area contributed by atoms with E-state index in [-0.39, 0.29) is 18.7 Å². The molecule has 3 aromatic rings. The minimum atomic E-state index is -0.416. The first kappa shape index (κ1) is 20.7. The number of fused-ring (bicyclic) bond motifs is 1. The molecule has 31 heavy (non-hydrogen) atoms. The number of ether oxygens (including phenoxy) is 1. The summed E-state index contributed by atoms with van der Waals surface area (Å²) in [6.45, 7) is 1.31. The Labute approximate surface area is 181 Å². The Morgan fingerprint density at radius 3 is 2.32 bits per heavy atom. The van der Waals surface area contributed by atoms with Crippen LogP contribution >= 0.6 is 0 Å². The maximum absolute atomic E-state index is 13.4. The highest BCUT2D eigenvalue weighted by Crippen LogP contribution is 2.19. The van der Waals surface area contributed by atoms with Crippen molar-refractivity contribution in [2.45, 2.75) is 26.1 Å². The molecule has 0 saturated heterocycles. The largest absolute Gasteiger partial charge is 0.445 e. The second-order valence-electron chi connectivity index (χ2n) is 7.82. The first-order valence-electron chi connectivity index (χ1n) is 10.3. The fourth-order valence-electron chi connectivity index (χ4n) is 3.72. The van der Waals surface area contributed by atoms with Crippen molar-refractivity contribution in [2.75, 3.05) is 25.5 Å². The van der Waals surface area contributed by atoms with Gasteiger partial charge in [-0.2, -0.15) is 0 Å². The van der Waals surface area contributed by atoms with Crippen molar-refractivity contribution in [1.82, 2.24) is 14.5 Å². The molecule has 1 aromatic heterocycles. The molecule has 160 valence electrons. The van der Waals surface area contributed by atoms with Crippen molar-refractivity contribution in [2.24, 2.45) is 0 Å². The zero-order valence-corrected chi connectivity index (χ0v) is 17.8. The van der Waals surface area contributed by atoms with Crippen molar-refractivity contribution in [3.05, 3.63) is 93.4 Å². The van der Waals surface area contributed by atoms with Crippen LogP contribution in [-0.4, -0.2) is 41.2 Å². The summed E-state index contributed by atoms with van der Waals surface area (Å²) >= 11 is 0. The predicted molar refractivity (Wildman–Crippen MR) is 119 cm³/mol. The van der Waals surface area contributed by atoms with Crippen molar-refractivity contribution >= 4 is 12.0 Å². The lowest BCUT2D eigenvalue weighted by molar-refractivity contribution is 0.0913. The molecule has 1 amide bonds. The standard InChI is InChI=1S/C24H26N4O3/c1-26(2)23-25-21-13-14-27(24(30)31-17-19-11-7-4-8-12-19)16-20(21)22(29)28(23)15-18-9-5-3-6-10-18/h3-12H,13-17H2,1-2H3. The van der Waals surface area contributed by atoms with E-state index >= 15 is 0 Å². The number of nitrogens with zero attached hydrogens (tertiary/aromatic N) is 4. The Morgan fingerprint density at radius 2 is 1.68 bits per heavy atom. The summed E-state index contributed by atoms with van der Waals surface area (Å²) < 4.78 is 7.13. The quantitative estimate of drug-likeness (QED) is 0.637. The van der Waals surface area contributed by atoms with Crippen LogP contribution in [0.15, 0.2) is 65.5 Å². The molecular weight excluding hydrogens is 392 g/mol. The molecule has 7 heteroatoms. The molecule has 0 saturated carbocycles. The normalized spacial score (nSPS) is 12.9. The van der Waals surface area contributed by atoms with Gasteiger partial charge < -0.3 is 14.5 Å². The number of carbonyl (C=O) groups excluding carboxylic acids is 1. The number of amides is 1. The SMILES string of the molecule is CN(C)c1nc2c(c(=O)n1Cc1ccccc1)CN(C(=O)OCc1ccccc1)CC2. The van der Waals surface area contributed by atoms with Gasteiger partial charge in [-0.1, -0.05) is 60.7 Å². The second-order valence-corrected chi connectivity index (χ2v) is 7.82. The van der Waals surface area contributed by atoms with Crippen LogP contribution in [0.3, 0.4) is 0 Å². The fourth-order valence-corrected chi connectivity index (χ4v) is 3.72. The average molecular weight is 418 g/mol. The molecule has 2 heterocycles. The molecule has 2 aromatic carbocycles. The maximum Gasteiger partial charge on any atom is 0.410 e. The molecule has 0 spiro atoms. The molecule has 0 aliphatic carbocycles. The Hall–Kier alpha value is -3.61. The van der Waals surface area contributed by atoms with Gasteiger partial charge in [0.1, 0.15) is 6.61 Å². The van der Waals surface area contributed by atoms with Gasteiger partial charge in [0, 0.05) is 27.1 Å². The number of aromatic nitrogens is 2. The van der Waals surface area contributed by atoms with E-state index in [1.807, 2.05) is 79.7 Å². The molecule has 1 aliphatic rings. The number of rotatable bonds is 5. The Morgan fingerprint density at radius 1 is 1.03 bits per heavy atom. The number of carbonyl (C=O) groups is 1. The summed E-state index contributed by atoms with van der Waals surface area (Å²) in [6.07, 6.45) is 0.109. The first-order chi connectivity index (χ1) is 15.0. The summed E-state index contributed by atoms with van der Waals surface area (Å²) in [5.74, 6) is 0.618. The van der Waals surface area contributed by atoms with E-state index in [2.05, 4.69) is 0 Å². The van der Waals surface area contributed by atoms with Crippen LogP contribution in [0.2, 0.25) is 0 Å². The van der Waals surface area contributed by atoms with Crippen LogP contribution in [0.4, 0.5) is 10.7 Å². The van der Waals surface area contributed by atoms with Gasteiger partial charge in [-0.3, -0.25) is 9.36 Å². The molecule has 7 nitrogen and oxygen atoms in total. The summed E-state index contributed by atoms with van der Waals surface area (Å²) in [7, 11) is 3.76. The molecule has 0 atom stereocenters. The molecule has 0 unspecified atom stereocenters. The average Bonchev–Trinajstić information content (AvgIpc) is 2.80. The van der Waals surface area contributed by atoms with E-state index in [0.29, 0.717) is 31.0 Å². The Bertz CT molecular complexity index is 1110. The summed E-state index contributed by atoms with van der Waals surface area (Å²) in [6, 6.07) is 19.4. The minimum Gasteiger partial charge on any atom is -0.445 e. The Kier molecular flexibility index (Phi) is 6.02. The number of anilines is 1. The molecular formula is C24H26N4O3. The maximum atomic E-state index is 13.4. The van der Waals surface area contributed by atoms with Gasteiger partial charge in [0.05, 0.1) is 24.3 Å². The highest BCUT2D eigenvalue weighted by Gasteiger charge is 2.27. The number of hydrogen-bond acceptors (Lipinski definition) is 5. The summed E-state index contributed by atoms with van der Waals surface area (Å²) in [5, 5.41) is 0. The predicted octanol–water partition coefficient (Wildman–Crippen LogP) is 3.05. The third-order valence-corrected chi connectivity index (χ3v) is 5.34. The van der Waals surface area contributed by atoms with E-state index < -0.39 is 6.09 Å². The zero-order valence-electron chi connectivity index (χ0n) is 17.8. The molecule has 0 fully saturated rings. The van der Waals surface area contributed by atoms with Crippen LogP contribution in [-0.2, 0) is 30.9 Å². The number of hydrogen-bond donors (Lipinski definition) is 0. The van der Waals surface area contributed by atoms with E-state index in [0.717, 1.165) is 16.8 Å². The van der Waals surface area contributed by atoms with Crippen molar-refractivity contribution in [1.29, 1.82) is 0 Å². The summed E-state index contributed by atoms with van der Waals surface area (Å²) in [5.41, 5.74) is 3.15. The molecule has 0 radical (unpaired) electrons. The third kappa shape index (κ3) is 4.60. The van der Waals surface area contributed by atoms with E-state index in [1.54, 1.807) is 9.47 Å². The van der Waals surface area contributed by atoms with Crippen LogP contribution < -0.4 is 10.5 Å². The van der Waals surface area contributed by atoms with Gasteiger partial charge in [-0.15, -0.1) is 0 Å². The highest BCUT2D eigenvalue weighted by molar-refractivity contribution is 5.68. The van der Waals surface area contributed by atoms with Gasteiger partial charge in [0.25, 0.3) is 5.56 Å². The second kappa shape index (κ2) is 9.04. The van der Waals surface area contributed by atoms with Gasteiger partial charge >= 0.3 is 6.09 Å². The highest BCUT2D eigenvalue weighted by atomic mass is 16.6. The number of benzene rings is 2.